The zero-order valence-corrected chi connectivity index (χ0v) is 18.2. The van der Waals surface area contributed by atoms with Crippen LogP contribution in [0.15, 0.2) is 60.7 Å². The van der Waals surface area contributed by atoms with E-state index in [4.69, 9.17) is 9.72 Å². The van der Waals surface area contributed by atoms with Crippen molar-refractivity contribution in [2.75, 3.05) is 25.5 Å². The Balaban J connectivity index is 1.26. The number of carbonyl (C=O) groups is 1. The molecule has 0 radical (unpaired) electrons. The number of carbonyl (C=O) groups excluding carboxylic acids is 1. The first kappa shape index (κ1) is 20.9. The summed E-state index contributed by atoms with van der Waals surface area (Å²) in [6.45, 7) is 1.85. The van der Waals surface area contributed by atoms with Crippen LogP contribution in [-0.4, -0.2) is 46.2 Å². The third-order valence-corrected chi connectivity index (χ3v) is 6.03. The standard InChI is InChI=1S/C25H24FN5O2/c1-33-20-4-2-3-17(13-20)25(32)31-12-11-18(15-31)22-10-9-21-23(29-30-24(21)28-22)27-14-16-5-7-19(26)8-6-16/h2-10,13,18H,11-12,14-15H2,1H3,(H2,27,28,29,30). The van der Waals surface area contributed by atoms with Crippen LogP contribution >= 0.6 is 0 Å². The number of ether oxygens (including phenoxy) is 1. The number of methoxy groups -OCH3 is 1. The Labute approximate surface area is 190 Å². The molecule has 8 heteroatoms. The average molecular weight is 445 g/mol. The van der Waals surface area contributed by atoms with E-state index in [-0.39, 0.29) is 17.6 Å². The molecule has 0 saturated carbocycles. The van der Waals surface area contributed by atoms with Crippen LogP contribution in [0.3, 0.4) is 0 Å². The van der Waals surface area contributed by atoms with Crippen LogP contribution in [0.25, 0.3) is 11.0 Å². The Bertz CT molecular complexity index is 1290. The summed E-state index contributed by atoms with van der Waals surface area (Å²) < 4.78 is 18.3. The fourth-order valence-electron chi connectivity index (χ4n) is 4.19. The summed E-state index contributed by atoms with van der Waals surface area (Å²) in [5.41, 5.74) is 3.23. The molecular formula is C25H24FN5O2. The van der Waals surface area contributed by atoms with E-state index < -0.39 is 0 Å². The molecule has 7 nitrogen and oxygen atoms in total. The number of aromatic nitrogens is 3. The molecule has 0 bridgehead atoms. The monoisotopic (exact) mass is 445 g/mol. The molecule has 1 unspecified atom stereocenters. The van der Waals surface area contributed by atoms with Crippen molar-refractivity contribution in [1.29, 1.82) is 0 Å². The molecule has 33 heavy (non-hydrogen) atoms. The van der Waals surface area contributed by atoms with Crippen LogP contribution in [0.4, 0.5) is 10.2 Å². The van der Waals surface area contributed by atoms with Gasteiger partial charge >= 0.3 is 0 Å². The van der Waals surface area contributed by atoms with Crippen LogP contribution in [0.5, 0.6) is 5.75 Å². The molecule has 1 saturated heterocycles. The van der Waals surface area contributed by atoms with Gasteiger partial charge < -0.3 is 15.0 Å². The molecule has 4 aromatic rings. The second-order valence-electron chi connectivity index (χ2n) is 8.15. The highest BCUT2D eigenvalue weighted by Crippen LogP contribution is 2.30. The van der Waals surface area contributed by atoms with Crippen molar-refractivity contribution in [2.45, 2.75) is 18.9 Å². The average Bonchev–Trinajstić information content (AvgIpc) is 3.50. The highest BCUT2D eigenvalue weighted by Gasteiger charge is 2.29. The Morgan fingerprint density at radius 3 is 2.88 bits per heavy atom. The third-order valence-electron chi connectivity index (χ3n) is 6.03. The number of nitrogens with zero attached hydrogens (tertiary/aromatic N) is 3. The summed E-state index contributed by atoms with van der Waals surface area (Å²) in [7, 11) is 1.59. The molecule has 2 aromatic carbocycles. The molecule has 1 aliphatic rings. The summed E-state index contributed by atoms with van der Waals surface area (Å²) in [5.74, 6) is 1.30. The van der Waals surface area contributed by atoms with Gasteiger partial charge in [0.25, 0.3) is 5.91 Å². The molecule has 5 rings (SSSR count). The molecule has 2 N–H and O–H groups in total. The number of hydrogen-bond acceptors (Lipinski definition) is 5. The van der Waals surface area contributed by atoms with E-state index in [0.29, 0.717) is 42.4 Å². The summed E-state index contributed by atoms with van der Waals surface area (Å²) in [5, 5.41) is 11.5. The SMILES string of the molecule is COc1cccc(C(=O)N2CCC(c3ccc4c(NCc5ccc(F)cc5)n[nH]c4n3)C2)c1. The number of rotatable bonds is 6. The van der Waals surface area contributed by atoms with Crippen LogP contribution in [0.2, 0.25) is 0 Å². The number of aromatic amines is 1. The van der Waals surface area contributed by atoms with Crippen LogP contribution in [0, 0.1) is 5.82 Å². The number of anilines is 1. The molecule has 0 aliphatic carbocycles. The minimum absolute atomic E-state index is 0.00583. The van der Waals surface area contributed by atoms with Gasteiger partial charge in [0.05, 0.1) is 12.5 Å². The van der Waals surface area contributed by atoms with E-state index in [9.17, 15) is 9.18 Å². The number of fused-ring (bicyclic) bond motifs is 1. The van der Waals surface area contributed by atoms with E-state index in [1.807, 2.05) is 35.2 Å². The third kappa shape index (κ3) is 4.37. The van der Waals surface area contributed by atoms with Gasteiger partial charge in [0, 0.05) is 36.8 Å². The minimum atomic E-state index is -0.253. The number of pyridine rings is 1. The van der Waals surface area contributed by atoms with Crippen LogP contribution in [-0.2, 0) is 6.54 Å². The smallest absolute Gasteiger partial charge is 0.254 e. The Morgan fingerprint density at radius 1 is 1.21 bits per heavy atom. The maximum absolute atomic E-state index is 13.1. The number of benzene rings is 2. The van der Waals surface area contributed by atoms with Gasteiger partial charge in [0.1, 0.15) is 11.6 Å². The second-order valence-corrected chi connectivity index (χ2v) is 8.15. The largest absolute Gasteiger partial charge is 0.497 e. The van der Waals surface area contributed by atoms with Crippen molar-refractivity contribution in [3.8, 4) is 5.75 Å². The van der Waals surface area contributed by atoms with E-state index >= 15 is 0 Å². The molecule has 1 amide bonds. The normalized spacial score (nSPS) is 15.7. The van der Waals surface area contributed by atoms with Crippen LogP contribution in [0.1, 0.15) is 34.0 Å². The second kappa shape index (κ2) is 8.90. The zero-order valence-electron chi connectivity index (χ0n) is 18.2. The first-order valence-electron chi connectivity index (χ1n) is 10.9. The Morgan fingerprint density at radius 2 is 2.06 bits per heavy atom. The lowest BCUT2D eigenvalue weighted by Crippen LogP contribution is -2.28. The van der Waals surface area contributed by atoms with Gasteiger partial charge in [-0.05, 0) is 54.4 Å². The molecule has 3 heterocycles. The van der Waals surface area contributed by atoms with E-state index in [0.717, 1.165) is 23.1 Å². The van der Waals surface area contributed by atoms with E-state index in [1.165, 1.54) is 12.1 Å². The highest BCUT2D eigenvalue weighted by molar-refractivity contribution is 5.95. The van der Waals surface area contributed by atoms with Gasteiger partial charge in [-0.1, -0.05) is 18.2 Å². The molecular weight excluding hydrogens is 421 g/mol. The van der Waals surface area contributed by atoms with Crippen molar-refractivity contribution in [2.24, 2.45) is 0 Å². The fraction of sp³-hybridized carbons (Fsp3) is 0.240. The maximum Gasteiger partial charge on any atom is 0.254 e. The quantitative estimate of drug-likeness (QED) is 0.461. The maximum atomic E-state index is 13.1. The van der Waals surface area contributed by atoms with Crippen molar-refractivity contribution in [3.63, 3.8) is 0 Å². The summed E-state index contributed by atoms with van der Waals surface area (Å²) in [6.07, 6.45) is 0.859. The van der Waals surface area contributed by atoms with Crippen molar-refractivity contribution < 1.29 is 13.9 Å². The topological polar surface area (TPSA) is 83.1 Å². The van der Waals surface area contributed by atoms with Gasteiger partial charge in [0.15, 0.2) is 11.5 Å². The van der Waals surface area contributed by atoms with E-state index in [1.54, 1.807) is 25.3 Å². The summed E-state index contributed by atoms with van der Waals surface area (Å²) in [4.78, 5) is 19.6. The molecule has 1 atom stereocenters. The zero-order chi connectivity index (χ0) is 22.8. The van der Waals surface area contributed by atoms with Gasteiger partial charge in [0.2, 0.25) is 0 Å². The molecule has 168 valence electrons. The molecule has 2 aromatic heterocycles. The number of likely N-dealkylation sites (tertiary alicyclic amines) is 1. The minimum Gasteiger partial charge on any atom is -0.497 e. The molecule has 1 fully saturated rings. The first-order valence-corrected chi connectivity index (χ1v) is 10.9. The lowest BCUT2D eigenvalue weighted by molar-refractivity contribution is 0.0790. The predicted octanol–water partition coefficient (Wildman–Crippen LogP) is 4.35. The lowest BCUT2D eigenvalue weighted by Gasteiger charge is -2.17. The van der Waals surface area contributed by atoms with Crippen molar-refractivity contribution >= 4 is 22.8 Å². The first-order chi connectivity index (χ1) is 16.1. The van der Waals surface area contributed by atoms with Crippen LogP contribution < -0.4 is 10.1 Å². The van der Waals surface area contributed by atoms with E-state index in [2.05, 4.69) is 15.5 Å². The molecule has 1 aliphatic heterocycles. The van der Waals surface area contributed by atoms with Gasteiger partial charge in [-0.15, -0.1) is 0 Å². The number of hydrogen-bond donors (Lipinski definition) is 2. The Kier molecular flexibility index (Phi) is 5.64. The number of nitrogens with one attached hydrogen (secondary N) is 2. The predicted molar refractivity (Wildman–Crippen MR) is 124 cm³/mol. The van der Waals surface area contributed by atoms with Crippen molar-refractivity contribution in [1.82, 2.24) is 20.1 Å². The van der Waals surface area contributed by atoms with Gasteiger partial charge in [-0.2, -0.15) is 5.10 Å². The number of H-pyrrole nitrogens is 1. The fourth-order valence-corrected chi connectivity index (χ4v) is 4.19. The molecule has 0 spiro atoms. The summed E-state index contributed by atoms with van der Waals surface area (Å²) >= 11 is 0. The van der Waals surface area contributed by atoms with Gasteiger partial charge in [-0.3, -0.25) is 9.89 Å². The van der Waals surface area contributed by atoms with Gasteiger partial charge in [-0.25, -0.2) is 9.37 Å². The summed E-state index contributed by atoms with van der Waals surface area (Å²) in [6, 6.07) is 17.6. The highest BCUT2D eigenvalue weighted by atomic mass is 19.1. The van der Waals surface area contributed by atoms with Crippen molar-refractivity contribution in [3.05, 3.63) is 83.3 Å². The Hall–Kier alpha value is -3.94. The lowest BCUT2D eigenvalue weighted by atomic mass is 10.0. The number of halogens is 1. The number of amides is 1.